The number of H-pyrrole nitrogens is 1. The summed E-state index contributed by atoms with van der Waals surface area (Å²) in [6.07, 6.45) is 5.61. The van der Waals surface area contributed by atoms with Crippen molar-refractivity contribution < 1.29 is 18.4 Å². The van der Waals surface area contributed by atoms with Gasteiger partial charge in [0.05, 0.1) is 36.3 Å². The van der Waals surface area contributed by atoms with Gasteiger partial charge in [-0.3, -0.25) is 9.89 Å². The Morgan fingerprint density at radius 2 is 1.88 bits per heavy atom. The Morgan fingerprint density at radius 3 is 2.67 bits per heavy atom. The molecule has 4 aromatic rings. The van der Waals surface area contributed by atoms with Gasteiger partial charge >= 0.3 is 0 Å². The minimum atomic E-state index is -0.322. The normalized spacial score (nSPS) is 16.6. The number of aromatic nitrogens is 3. The molecule has 0 bridgehead atoms. The van der Waals surface area contributed by atoms with E-state index in [0.29, 0.717) is 36.3 Å². The predicted molar refractivity (Wildman–Crippen MR) is 123 cm³/mol. The van der Waals surface area contributed by atoms with E-state index in [1.165, 1.54) is 0 Å². The average molecular weight is 448 g/mol. The zero-order valence-electron chi connectivity index (χ0n) is 18.0. The first kappa shape index (κ1) is 19.9. The molecule has 1 aromatic carbocycles. The zero-order valence-corrected chi connectivity index (χ0v) is 18.0. The number of carbonyl (C=O) groups excluding carboxylic acids is 1. The minimum Gasteiger partial charge on any atom is -0.451 e. The van der Waals surface area contributed by atoms with E-state index >= 15 is 0 Å². The molecule has 0 saturated carbocycles. The van der Waals surface area contributed by atoms with Crippen molar-refractivity contribution in [2.24, 2.45) is 0 Å². The van der Waals surface area contributed by atoms with Gasteiger partial charge in [-0.1, -0.05) is 0 Å². The van der Waals surface area contributed by atoms with Crippen LogP contribution in [0.25, 0.3) is 22.4 Å². The average Bonchev–Trinajstić information content (AvgIpc) is 3.64. The minimum absolute atomic E-state index is 0.227. The summed E-state index contributed by atoms with van der Waals surface area (Å²) in [5.74, 6) is 0.484. The fourth-order valence-electron chi connectivity index (χ4n) is 4.34. The van der Waals surface area contributed by atoms with Crippen LogP contribution in [0.4, 0.5) is 17.4 Å². The highest BCUT2D eigenvalue weighted by Gasteiger charge is 2.23. The summed E-state index contributed by atoms with van der Waals surface area (Å²) in [5, 5.41) is 9.69. The van der Waals surface area contributed by atoms with Gasteiger partial charge in [-0.05, 0) is 31.0 Å². The van der Waals surface area contributed by atoms with E-state index in [-0.39, 0.29) is 11.7 Å². The summed E-state index contributed by atoms with van der Waals surface area (Å²) in [5.41, 5.74) is 3.81. The fourth-order valence-corrected chi connectivity index (χ4v) is 4.34. The van der Waals surface area contributed by atoms with Crippen molar-refractivity contribution in [1.29, 1.82) is 0 Å². The molecule has 0 aliphatic carbocycles. The van der Waals surface area contributed by atoms with Gasteiger partial charge in [-0.25, -0.2) is 0 Å². The highest BCUT2D eigenvalue weighted by Crippen LogP contribution is 2.35. The lowest BCUT2D eigenvalue weighted by atomic mass is 10.2. The molecule has 0 spiro atoms. The fraction of sp³-hybridized carbons (Fsp3) is 0.348. The van der Waals surface area contributed by atoms with Crippen LogP contribution in [0, 0.1) is 0 Å². The largest absolute Gasteiger partial charge is 0.451 e. The molecule has 3 aromatic heterocycles. The molecular formula is C23H24N6O4. The topological polar surface area (TPSA) is 113 Å². The van der Waals surface area contributed by atoms with Crippen LogP contribution in [-0.2, 0) is 4.74 Å². The number of fused-ring (bicyclic) bond motifs is 1. The molecule has 2 fully saturated rings. The van der Waals surface area contributed by atoms with E-state index in [9.17, 15) is 4.79 Å². The Hall–Kier alpha value is -3.79. The number of oxazole rings is 1. The molecule has 0 atom stereocenters. The highest BCUT2D eigenvalue weighted by molar-refractivity contribution is 6.06. The van der Waals surface area contributed by atoms with Crippen LogP contribution >= 0.6 is 0 Å². The zero-order chi connectivity index (χ0) is 22.2. The second kappa shape index (κ2) is 8.28. The first-order valence-electron chi connectivity index (χ1n) is 11.2. The maximum Gasteiger partial charge on any atom is 0.298 e. The number of anilines is 3. The second-order valence-corrected chi connectivity index (χ2v) is 8.23. The lowest BCUT2D eigenvalue weighted by molar-refractivity contribution is 0.0997. The lowest BCUT2D eigenvalue weighted by Gasteiger charge is -2.24. The van der Waals surface area contributed by atoms with Crippen molar-refractivity contribution in [1.82, 2.24) is 15.2 Å². The van der Waals surface area contributed by atoms with Gasteiger partial charge in [0.25, 0.3) is 11.9 Å². The highest BCUT2D eigenvalue weighted by atomic mass is 16.5. The maximum absolute atomic E-state index is 13.0. The third kappa shape index (κ3) is 3.82. The number of furan rings is 1. The molecule has 6 rings (SSSR count). The van der Waals surface area contributed by atoms with E-state index in [4.69, 9.17) is 18.6 Å². The number of ether oxygens (including phenoxy) is 1. The molecule has 0 unspecified atom stereocenters. The van der Waals surface area contributed by atoms with Crippen LogP contribution in [0.2, 0.25) is 0 Å². The molecule has 10 nitrogen and oxygen atoms in total. The number of morpholine rings is 1. The van der Waals surface area contributed by atoms with E-state index in [1.807, 2.05) is 12.1 Å². The van der Waals surface area contributed by atoms with Gasteiger partial charge in [0.1, 0.15) is 11.3 Å². The third-order valence-electron chi connectivity index (χ3n) is 6.08. The van der Waals surface area contributed by atoms with Gasteiger partial charge < -0.3 is 28.7 Å². The Morgan fingerprint density at radius 1 is 1.03 bits per heavy atom. The first-order valence-corrected chi connectivity index (χ1v) is 11.2. The molecule has 33 heavy (non-hydrogen) atoms. The number of benzene rings is 1. The molecule has 2 saturated heterocycles. The smallest absolute Gasteiger partial charge is 0.298 e. The quantitative estimate of drug-likeness (QED) is 0.477. The van der Waals surface area contributed by atoms with Crippen LogP contribution < -0.4 is 15.1 Å². The van der Waals surface area contributed by atoms with E-state index in [1.54, 1.807) is 24.5 Å². The summed E-state index contributed by atoms with van der Waals surface area (Å²) in [7, 11) is 0. The maximum atomic E-state index is 13.0. The number of amides is 1. The van der Waals surface area contributed by atoms with Crippen LogP contribution in [0.1, 0.15) is 23.4 Å². The molecule has 170 valence electrons. The SMILES string of the molecule is O=C(Nc1cc2oc(N3CCOCC3)nc2cc1N1CCCC1)c1ccc(-c2cn[nH]c2)o1. The third-order valence-corrected chi connectivity index (χ3v) is 6.08. The molecule has 10 heteroatoms. The molecule has 2 aliphatic heterocycles. The molecule has 0 radical (unpaired) electrons. The van der Waals surface area contributed by atoms with Gasteiger partial charge in [-0.2, -0.15) is 10.1 Å². The summed E-state index contributed by atoms with van der Waals surface area (Å²) in [6, 6.07) is 7.87. The van der Waals surface area contributed by atoms with Crippen molar-refractivity contribution in [3.63, 3.8) is 0 Å². The molecule has 2 N–H and O–H groups in total. The Bertz CT molecular complexity index is 1270. The standard InChI is InChI=1S/C23H24N6O4/c30-22(20-4-3-19(32-20)15-13-24-25-14-15)26-16-12-21-17(11-18(16)28-5-1-2-6-28)27-23(33-21)29-7-9-31-10-8-29/h3-4,11-14H,1-2,5-10H2,(H,24,25)(H,26,30). The number of nitrogens with one attached hydrogen (secondary N) is 2. The van der Waals surface area contributed by atoms with Crippen LogP contribution in [0.3, 0.4) is 0 Å². The van der Waals surface area contributed by atoms with E-state index < -0.39 is 0 Å². The van der Waals surface area contributed by atoms with Crippen molar-refractivity contribution in [3.05, 3.63) is 42.4 Å². The number of hydrogen-bond acceptors (Lipinski definition) is 8. The Labute approximate surface area is 189 Å². The van der Waals surface area contributed by atoms with Gasteiger partial charge in [0.15, 0.2) is 11.3 Å². The molecule has 1 amide bonds. The molecular weight excluding hydrogens is 424 g/mol. The lowest BCUT2D eigenvalue weighted by Crippen LogP contribution is -2.36. The molecule has 2 aliphatic rings. The van der Waals surface area contributed by atoms with Crippen LogP contribution in [0.5, 0.6) is 0 Å². The van der Waals surface area contributed by atoms with Gasteiger partial charge in [0.2, 0.25) is 0 Å². The first-order chi connectivity index (χ1) is 16.2. The number of carbonyl (C=O) groups is 1. The van der Waals surface area contributed by atoms with E-state index in [2.05, 4.69) is 25.3 Å². The van der Waals surface area contributed by atoms with E-state index in [0.717, 1.165) is 55.8 Å². The monoisotopic (exact) mass is 448 g/mol. The second-order valence-electron chi connectivity index (χ2n) is 8.23. The summed E-state index contributed by atoms with van der Waals surface area (Å²) in [4.78, 5) is 22.1. The summed E-state index contributed by atoms with van der Waals surface area (Å²) < 4.78 is 17.3. The number of nitrogens with zero attached hydrogens (tertiary/aromatic N) is 4. The van der Waals surface area contributed by atoms with Crippen molar-refractivity contribution in [3.8, 4) is 11.3 Å². The van der Waals surface area contributed by atoms with Gasteiger partial charge in [-0.15, -0.1) is 0 Å². The summed E-state index contributed by atoms with van der Waals surface area (Å²) in [6.45, 7) is 4.67. The predicted octanol–water partition coefficient (Wildman–Crippen LogP) is 3.50. The number of aromatic amines is 1. The van der Waals surface area contributed by atoms with Crippen LogP contribution in [0.15, 0.2) is 45.5 Å². The Kier molecular flexibility index (Phi) is 4.99. The number of rotatable bonds is 5. The molecule has 5 heterocycles. The van der Waals surface area contributed by atoms with Crippen LogP contribution in [-0.4, -0.2) is 60.5 Å². The van der Waals surface area contributed by atoms with Gasteiger partial charge in [0, 0.05) is 38.4 Å². The Balaban J connectivity index is 1.32. The van der Waals surface area contributed by atoms with Crippen molar-refractivity contribution in [2.75, 3.05) is 54.5 Å². The van der Waals surface area contributed by atoms with Crippen molar-refractivity contribution in [2.45, 2.75) is 12.8 Å². The number of hydrogen-bond donors (Lipinski definition) is 2. The summed E-state index contributed by atoms with van der Waals surface area (Å²) >= 11 is 0. The van der Waals surface area contributed by atoms with Crippen molar-refractivity contribution >= 4 is 34.4 Å².